The van der Waals surface area contributed by atoms with Crippen LogP contribution < -0.4 is 10.5 Å². The monoisotopic (exact) mass is 225 g/mol. The van der Waals surface area contributed by atoms with Gasteiger partial charge in [0, 0.05) is 6.07 Å². The molecule has 0 aliphatic heterocycles. The van der Waals surface area contributed by atoms with Crippen LogP contribution in [0.25, 0.3) is 0 Å². The summed E-state index contributed by atoms with van der Waals surface area (Å²) >= 11 is 0. The fraction of sp³-hybridized carbons (Fsp3) is 0.0909. The number of rotatable bonds is 3. The molecule has 0 fully saturated rings. The van der Waals surface area contributed by atoms with E-state index in [0.717, 1.165) is 11.5 Å². The molecule has 0 saturated carbocycles. The summed E-state index contributed by atoms with van der Waals surface area (Å²) in [7, 11) is 0. The highest BCUT2D eigenvalue weighted by Gasteiger charge is 2.01. The van der Waals surface area contributed by atoms with Gasteiger partial charge in [0.25, 0.3) is 5.95 Å². The van der Waals surface area contributed by atoms with E-state index >= 15 is 0 Å². The van der Waals surface area contributed by atoms with E-state index in [1.54, 1.807) is 12.1 Å². The minimum absolute atomic E-state index is 0. The van der Waals surface area contributed by atoms with Gasteiger partial charge in [-0.15, -0.1) is 12.4 Å². The van der Waals surface area contributed by atoms with Crippen molar-refractivity contribution in [2.45, 2.75) is 6.54 Å². The van der Waals surface area contributed by atoms with Gasteiger partial charge >= 0.3 is 0 Å². The summed E-state index contributed by atoms with van der Waals surface area (Å²) in [5, 5.41) is 0. The second kappa shape index (κ2) is 5.44. The Morgan fingerprint density at radius 3 is 2.40 bits per heavy atom. The highest BCUT2D eigenvalue weighted by molar-refractivity contribution is 5.85. The van der Waals surface area contributed by atoms with Crippen LogP contribution in [0, 0.1) is 0 Å². The highest BCUT2D eigenvalue weighted by Crippen LogP contribution is 2.22. The van der Waals surface area contributed by atoms with Crippen LogP contribution in [-0.4, -0.2) is 0 Å². The molecule has 15 heavy (non-hydrogen) atoms. The second-order valence-corrected chi connectivity index (χ2v) is 2.84. The molecule has 1 aromatic carbocycles. The van der Waals surface area contributed by atoms with Gasteiger partial charge in [0.05, 0.1) is 6.54 Å². The van der Waals surface area contributed by atoms with Crippen LogP contribution >= 0.6 is 12.4 Å². The number of halogens is 1. The minimum Gasteiger partial charge on any atom is -0.429 e. The summed E-state index contributed by atoms with van der Waals surface area (Å²) in [4.78, 5) is 0. The standard InChI is InChI=1S/C11H11NO2.ClH/c12-8-10-6-7-11(14-10)13-9-4-2-1-3-5-9;/h1-7H,8,12H2;1H. The van der Waals surface area contributed by atoms with E-state index < -0.39 is 0 Å². The van der Waals surface area contributed by atoms with Gasteiger partial charge in [-0.05, 0) is 18.2 Å². The van der Waals surface area contributed by atoms with Gasteiger partial charge in [0.1, 0.15) is 11.5 Å². The molecule has 0 unspecified atom stereocenters. The molecule has 1 heterocycles. The molecule has 2 rings (SSSR count). The summed E-state index contributed by atoms with van der Waals surface area (Å²) in [5.41, 5.74) is 5.41. The molecule has 0 amide bonds. The molecule has 0 aliphatic rings. The van der Waals surface area contributed by atoms with E-state index in [1.165, 1.54) is 0 Å². The first-order chi connectivity index (χ1) is 6.88. The Kier molecular flexibility index (Phi) is 4.21. The van der Waals surface area contributed by atoms with Crippen molar-refractivity contribution in [3.05, 3.63) is 48.2 Å². The van der Waals surface area contributed by atoms with Crippen LogP contribution in [0.15, 0.2) is 46.9 Å². The van der Waals surface area contributed by atoms with Crippen molar-refractivity contribution in [1.82, 2.24) is 0 Å². The predicted octanol–water partition coefficient (Wildman–Crippen LogP) is 2.95. The number of benzene rings is 1. The third-order valence-corrected chi connectivity index (χ3v) is 1.80. The lowest BCUT2D eigenvalue weighted by Gasteiger charge is -2.00. The Bertz CT molecular complexity index is 400. The quantitative estimate of drug-likeness (QED) is 0.874. The van der Waals surface area contributed by atoms with Gasteiger partial charge in [-0.3, -0.25) is 0 Å². The Morgan fingerprint density at radius 2 is 1.80 bits per heavy atom. The topological polar surface area (TPSA) is 48.4 Å². The van der Waals surface area contributed by atoms with Crippen LogP contribution in [0.3, 0.4) is 0 Å². The smallest absolute Gasteiger partial charge is 0.290 e. The molecular formula is C11H12ClNO2. The van der Waals surface area contributed by atoms with Crippen molar-refractivity contribution < 1.29 is 9.15 Å². The van der Waals surface area contributed by atoms with E-state index in [1.807, 2.05) is 30.3 Å². The Labute approximate surface area is 94.3 Å². The van der Waals surface area contributed by atoms with E-state index in [0.29, 0.717) is 12.5 Å². The lowest BCUT2D eigenvalue weighted by molar-refractivity contribution is 0.333. The number of nitrogens with two attached hydrogens (primary N) is 1. The molecule has 1 aromatic heterocycles. The predicted molar refractivity (Wildman–Crippen MR) is 60.4 cm³/mol. The van der Waals surface area contributed by atoms with Crippen LogP contribution in [0.2, 0.25) is 0 Å². The van der Waals surface area contributed by atoms with Gasteiger partial charge in [0.2, 0.25) is 0 Å². The zero-order chi connectivity index (χ0) is 9.80. The third kappa shape index (κ3) is 3.01. The van der Waals surface area contributed by atoms with Gasteiger partial charge in [-0.25, -0.2) is 0 Å². The first kappa shape index (κ1) is 11.6. The third-order valence-electron chi connectivity index (χ3n) is 1.80. The number of ether oxygens (including phenoxy) is 1. The van der Waals surface area contributed by atoms with Gasteiger partial charge in [0.15, 0.2) is 0 Å². The average molecular weight is 226 g/mol. The summed E-state index contributed by atoms with van der Waals surface area (Å²) in [6, 6.07) is 13.0. The Balaban J connectivity index is 0.00000112. The molecule has 2 N–H and O–H groups in total. The molecule has 2 aromatic rings. The van der Waals surface area contributed by atoms with Crippen LogP contribution in [-0.2, 0) is 6.54 Å². The van der Waals surface area contributed by atoms with Crippen LogP contribution in [0.5, 0.6) is 11.7 Å². The number of hydrogen-bond acceptors (Lipinski definition) is 3. The number of furan rings is 1. The Morgan fingerprint density at radius 1 is 1.07 bits per heavy atom. The molecule has 0 saturated heterocycles. The van der Waals surface area contributed by atoms with Gasteiger partial charge in [-0.2, -0.15) is 0 Å². The van der Waals surface area contributed by atoms with Crippen LogP contribution in [0.1, 0.15) is 5.76 Å². The molecule has 0 aliphatic carbocycles. The van der Waals surface area contributed by atoms with Gasteiger partial charge in [-0.1, -0.05) is 18.2 Å². The SMILES string of the molecule is Cl.NCc1ccc(Oc2ccccc2)o1. The summed E-state index contributed by atoms with van der Waals surface area (Å²) in [5.74, 6) is 1.94. The van der Waals surface area contributed by atoms with Crippen molar-refractivity contribution in [2.75, 3.05) is 0 Å². The molecule has 0 spiro atoms. The highest BCUT2D eigenvalue weighted by atomic mass is 35.5. The van der Waals surface area contributed by atoms with Crippen molar-refractivity contribution in [3.8, 4) is 11.7 Å². The zero-order valence-corrected chi connectivity index (χ0v) is 8.87. The number of hydrogen-bond donors (Lipinski definition) is 1. The van der Waals surface area contributed by atoms with E-state index in [9.17, 15) is 0 Å². The molecule has 4 heteroatoms. The number of para-hydroxylation sites is 1. The molecule has 0 bridgehead atoms. The first-order valence-corrected chi connectivity index (χ1v) is 4.40. The lowest BCUT2D eigenvalue weighted by atomic mass is 10.3. The van der Waals surface area contributed by atoms with E-state index in [2.05, 4.69) is 0 Å². The largest absolute Gasteiger partial charge is 0.429 e. The first-order valence-electron chi connectivity index (χ1n) is 4.40. The van der Waals surface area contributed by atoms with Crippen molar-refractivity contribution in [2.24, 2.45) is 5.73 Å². The average Bonchev–Trinajstić information content (AvgIpc) is 2.67. The lowest BCUT2D eigenvalue weighted by Crippen LogP contribution is -1.92. The summed E-state index contributed by atoms with van der Waals surface area (Å²) in [6.45, 7) is 0.387. The Hall–Kier alpha value is -1.45. The molecule has 3 nitrogen and oxygen atoms in total. The molecule has 0 atom stereocenters. The molecule has 0 radical (unpaired) electrons. The van der Waals surface area contributed by atoms with Crippen molar-refractivity contribution in [1.29, 1.82) is 0 Å². The van der Waals surface area contributed by atoms with E-state index in [-0.39, 0.29) is 12.4 Å². The molecule has 80 valence electrons. The molecular weight excluding hydrogens is 214 g/mol. The normalized spacial score (nSPS) is 9.40. The zero-order valence-electron chi connectivity index (χ0n) is 8.05. The maximum absolute atomic E-state index is 5.44. The minimum atomic E-state index is 0. The van der Waals surface area contributed by atoms with E-state index in [4.69, 9.17) is 14.9 Å². The second-order valence-electron chi connectivity index (χ2n) is 2.84. The fourth-order valence-electron chi connectivity index (χ4n) is 1.13. The van der Waals surface area contributed by atoms with Gasteiger partial charge < -0.3 is 14.9 Å². The van der Waals surface area contributed by atoms with Crippen molar-refractivity contribution in [3.63, 3.8) is 0 Å². The fourth-order valence-corrected chi connectivity index (χ4v) is 1.13. The summed E-state index contributed by atoms with van der Waals surface area (Å²) in [6.07, 6.45) is 0. The maximum atomic E-state index is 5.44. The van der Waals surface area contributed by atoms with Crippen LogP contribution in [0.4, 0.5) is 0 Å². The van der Waals surface area contributed by atoms with Crippen molar-refractivity contribution >= 4 is 12.4 Å². The maximum Gasteiger partial charge on any atom is 0.290 e. The summed E-state index contributed by atoms with van der Waals surface area (Å²) < 4.78 is 10.7.